The van der Waals surface area contributed by atoms with Crippen LogP contribution in [0.1, 0.15) is 43.5 Å². The Hall–Kier alpha value is -3.08. The first-order valence-corrected chi connectivity index (χ1v) is 9.59. The predicted molar refractivity (Wildman–Crippen MR) is 113 cm³/mol. The molecule has 0 saturated heterocycles. The average Bonchev–Trinajstić information content (AvgIpc) is 2.92. The molecule has 1 N–H and O–H groups in total. The Labute approximate surface area is 171 Å². The molecule has 0 radical (unpaired) electrons. The van der Waals surface area contributed by atoms with E-state index in [-0.39, 0.29) is 11.4 Å². The van der Waals surface area contributed by atoms with Crippen molar-refractivity contribution in [2.24, 2.45) is 5.41 Å². The molecule has 0 saturated carbocycles. The fourth-order valence-corrected chi connectivity index (χ4v) is 3.69. The van der Waals surface area contributed by atoms with Crippen LogP contribution < -0.4 is 9.64 Å². The molecule has 0 aromatic heterocycles. The van der Waals surface area contributed by atoms with Gasteiger partial charge in [-0.1, -0.05) is 50.6 Å². The predicted octanol–water partition coefficient (Wildman–Crippen LogP) is 4.83. The SMILES string of the molecule is COc1cccc(C2C(C(=O)C(C)(C)C)=C(O)C(=O)N2c2ccc(C)cc2C)c1. The normalized spacial score (nSPS) is 17.1. The molecule has 1 atom stereocenters. The average molecular weight is 393 g/mol. The number of carbonyl (C=O) groups is 2. The van der Waals surface area contributed by atoms with Crippen LogP contribution in [-0.2, 0) is 9.59 Å². The van der Waals surface area contributed by atoms with E-state index in [0.717, 1.165) is 11.1 Å². The molecule has 2 aromatic carbocycles. The number of ketones is 1. The first kappa shape index (κ1) is 20.6. The van der Waals surface area contributed by atoms with Gasteiger partial charge >= 0.3 is 0 Å². The Morgan fingerprint density at radius 3 is 2.38 bits per heavy atom. The lowest BCUT2D eigenvalue weighted by Crippen LogP contribution is -2.33. The molecule has 2 aromatic rings. The smallest absolute Gasteiger partial charge is 0.294 e. The summed E-state index contributed by atoms with van der Waals surface area (Å²) in [5.41, 5.74) is 2.70. The third-order valence-corrected chi connectivity index (χ3v) is 5.16. The van der Waals surface area contributed by atoms with E-state index in [4.69, 9.17) is 4.74 Å². The van der Waals surface area contributed by atoms with E-state index in [1.165, 1.54) is 4.90 Å². The zero-order valence-corrected chi connectivity index (χ0v) is 17.7. The summed E-state index contributed by atoms with van der Waals surface area (Å²) in [7, 11) is 1.56. The number of hydrogen-bond donors (Lipinski definition) is 1. The molecule has 1 unspecified atom stereocenters. The zero-order valence-electron chi connectivity index (χ0n) is 17.7. The van der Waals surface area contributed by atoms with Crippen molar-refractivity contribution in [1.82, 2.24) is 0 Å². The van der Waals surface area contributed by atoms with Crippen molar-refractivity contribution < 1.29 is 19.4 Å². The Bertz CT molecular complexity index is 1010. The number of anilines is 1. The highest BCUT2D eigenvalue weighted by atomic mass is 16.5. The van der Waals surface area contributed by atoms with Gasteiger partial charge in [-0.2, -0.15) is 0 Å². The zero-order chi connectivity index (χ0) is 21.5. The number of carbonyl (C=O) groups excluding carboxylic acids is 2. The van der Waals surface area contributed by atoms with Crippen molar-refractivity contribution in [2.75, 3.05) is 12.0 Å². The van der Waals surface area contributed by atoms with Crippen LogP contribution in [0.25, 0.3) is 0 Å². The number of aliphatic hydroxyl groups excluding tert-OH is 1. The highest BCUT2D eigenvalue weighted by Gasteiger charge is 2.47. The molecule has 152 valence electrons. The second-order valence-electron chi connectivity index (χ2n) is 8.49. The fraction of sp³-hybridized carbons (Fsp3) is 0.333. The monoisotopic (exact) mass is 393 g/mol. The molecule has 0 bridgehead atoms. The number of methoxy groups -OCH3 is 1. The summed E-state index contributed by atoms with van der Waals surface area (Å²) in [6, 6.07) is 12.3. The molecule has 0 aliphatic carbocycles. The molecule has 5 heteroatoms. The first-order valence-electron chi connectivity index (χ1n) is 9.59. The topological polar surface area (TPSA) is 66.8 Å². The lowest BCUT2D eigenvalue weighted by molar-refractivity contribution is -0.123. The van der Waals surface area contributed by atoms with Crippen molar-refractivity contribution in [3.63, 3.8) is 0 Å². The minimum Gasteiger partial charge on any atom is -0.503 e. The number of benzene rings is 2. The highest BCUT2D eigenvalue weighted by Crippen LogP contribution is 2.44. The maximum atomic E-state index is 13.2. The fourth-order valence-electron chi connectivity index (χ4n) is 3.69. The van der Waals surface area contributed by atoms with Gasteiger partial charge in [0.1, 0.15) is 5.75 Å². The van der Waals surface area contributed by atoms with Gasteiger partial charge in [0.2, 0.25) is 0 Å². The highest BCUT2D eigenvalue weighted by molar-refractivity contribution is 6.17. The summed E-state index contributed by atoms with van der Waals surface area (Å²) in [6.07, 6.45) is 0. The quantitative estimate of drug-likeness (QED) is 0.808. The molecule has 0 spiro atoms. The third-order valence-electron chi connectivity index (χ3n) is 5.16. The molecule has 29 heavy (non-hydrogen) atoms. The van der Waals surface area contributed by atoms with E-state index in [0.29, 0.717) is 17.0 Å². The molecule has 1 aliphatic rings. The minimum atomic E-state index is -0.751. The van der Waals surface area contributed by atoms with Gasteiger partial charge in [-0.15, -0.1) is 0 Å². The van der Waals surface area contributed by atoms with Gasteiger partial charge in [0.05, 0.1) is 18.7 Å². The van der Waals surface area contributed by atoms with Crippen LogP contribution in [0.2, 0.25) is 0 Å². The summed E-state index contributed by atoms with van der Waals surface area (Å²) in [6.45, 7) is 9.23. The number of rotatable bonds is 4. The van der Waals surface area contributed by atoms with Crippen molar-refractivity contribution in [3.05, 3.63) is 70.5 Å². The summed E-state index contributed by atoms with van der Waals surface area (Å²) < 4.78 is 5.34. The van der Waals surface area contributed by atoms with Crippen LogP contribution in [0.5, 0.6) is 5.75 Å². The summed E-state index contributed by atoms with van der Waals surface area (Å²) >= 11 is 0. The number of ether oxygens (including phenoxy) is 1. The van der Waals surface area contributed by atoms with Crippen LogP contribution in [0, 0.1) is 19.3 Å². The summed E-state index contributed by atoms with van der Waals surface area (Å²) in [5, 5.41) is 10.8. The van der Waals surface area contributed by atoms with Crippen LogP contribution >= 0.6 is 0 Å². The van der Waals surface area contributed by atoms with Crippen LogP contribution in [-0.4, -0.2) is 23.9 Å². The molecule has 0 fully saturated rings. The van der Waals surface area contributed by atoms with Crippen molar-refractivity contribution in [3.8, 4) is 5.75 Å². The van der Waals surface area contributed by atoms with Crippen LogP contribution in [0.4, 0.5) is 5.69 Å². The summed E-state index contributed by atoms with van der Waals surface area (Å²) in [5.74, 6) is -0.706. The molecule has 5 nitrogen and oxygen atoms in total. The van der Waals surface area contributed by atoms with E-state index in [1.54, 1.807) is 40.0 Å². The standard InChI is InChI=1S/C24H27NO4/c1-14-10-11-18(15(2)12-14)25-20(16-8-7-9-17(13-16)29-6)19(21(26)23(25)28)22(27)24(3,4)5/h7-13,20,26H,1-6H3. The van der Waals surface area contributed by atoms with Gasteiger partial charge in [0, 0.05) is 11.1 Å². The van der Waals surface area contributed by atoms with Crippen molar-refractivity contribution in [1.29, 1.82) is 0 Å². The van der Waals surface area contributed by atoms with Gasteiger partial charge in [-0.3, -0.25) is 14.5 Å². The van der Waals surface area contributed by atoms with E-state index in [1.807, 2.05) is 44.2 Å². The summed E-state index contributed by atoms with van der Waals surface area (Å²) in [4.78, 5) is 27.9. The number of amides is 1. The van der Waals surface area contributed by atoms with Crippen molar-refractivity contribution >= 4 is 17.4 Å². The Morgan fingerprint density at radius 2 is 1.79 bits per heavy atom. The minimum absolute atomic E-state index is 0.121. The molecule has 1 aliphatic heterocycles. The Kier molecular flexibility index (Phi) is 5.26. The van der Waals surface area contributed by atoms with Gasteiger partial charge in [-0.25, -0.2) is 0 Å². The first-order chi connectivity index (χ1) is 13.6. The molecule has 1 amide bonds. The number of aryl methyl sites for hydroxylation is 2. The maximum absolute atomic E-state index is 13.2. The molecular weight excluding hydrogens is 366 g/mol. The number of hydrogen-bond acceptors (Lipinski definition) is 4. The number of nitrogens with zero attached hydrogens (tertiary/aromatic N) is 1. The number of aliphatic hydroxyl groups is 1. The second-order valence-corrected chi connectivity index (χ2v) is 8.49. The third kappa shape index (κ3) is 3.65. The van der Waals surface area contributed by atoms with Gasteiger partial charge in [0.25, 0.3) is 5.91 Å². The van der Waals surface area contributed by atoms with Gasteiger partial charge in [-0.05, 0) is 43.2 Å². The Morgan fingerprint density at radius 1 is 1.10 bits per heavy atom. The van der Waals surface area contributed by atoms with E-state index in [2.05, 4.69) is 0 Å². The van der Waals surface area contributed by atoms with Crippen LogP contribution in [0.3, 0.4) is 0 Å². The molecule has 3 rings (SSSR count). The van der Waals surface area contributed by atoms with E-state index in [9.17, 15) is 14.7 Å². The van der Waals surface area contributed by atoms with Crippen LogP contribution in [0.15, 0.2) is 53.8 Å². The van der Waals surface area contributed by atoms with Gasteiger partial charge < -0.3 is 9.84 Å². The second kappa shape index (κ2) is 7.39. The van der Waals surface area contributed by atoms with E-state index >= 15 is 0 Å². The largest absolute Gasteiger partial charge is 0.503 e. The lowest BCUT2D eigenvalue weighted by Gasteiger charge is -2.30. The van der Waals surface area contributed by atoms with Gasteiger partial charge in [0.15, 0.2) is 11.5 Å². The van der Waals surface area contributed by atoms with E-state index < -0.39 is 23.1 Å². The maximum Gasteiger partial charge on any atom is 0.294 e. The lowest BCUT2D eigenvalue weighted by atomic mass is 9.82. The van der Waals surface area contributed by atoms with Crippen molar-refractivity contribution in [2.45, 2.75) is 40.7 Å². The molecule has 1 heterocycles. The number of Topliss-reactive ketones (excluding diaryl/α,β-unsaturated/α-hetero) is 1. The Balaban J connectivity index is 2.25. The molecular formula is C24H27NO4.